The number of rotatable bonds is 6. The molecule has 0 fully saturated rings. The normalized spacial score (nSPS) is 12.5. The highest BCUT2D eigenvalue weighted by molar-refractivity contribution is 6.75. The first kappa shape index (κ1) is 17.2. The van der Waals surface area contributed by atoms with E-state index in [0.717, 1.165) is 0 Å². The van der Waals surface area contributed by atoms with Crippen LogP contribution in [0.1, 0.15) is 39.7 Å². The van der Waals surface area contributed by atoms with Crippen LogP contribution in [0, 0.1) is 17.5 Å². The molecule has 0 saturated heterocycles. The van der Waals surface area contributed by atoms with Gasteiger partial charge in [0.1, 0.15) is 17.5 Å². The van der Waals surface area contributed by atoms with Crippen molar-refractivity contribution in [2.75, 3.05) is 0 Å². The molecule has 0 heterocycles. The first-order chi connectivity index (χ1) is 9.18. The van der Waals surface area contributed by atoms with Crippen molar-refractivity contribution in [2.24, 2.45) is 0 Å². The summed E-state index contributed by atoms with van der Waals surface area (Å²) in [7, 11) is -2.42. The van der Waals surface area contributed by atoms with Crippen molar-refractivity contribution in [3.05, 3.63) is 35.1 Å². The van der Waals surface area contributed by atoms with Crippen LogP contribution in [-0.2, 0) is 6.42 Å². The predicted octanol–water partition coefficient (Wildman–Crippen LogP) is 4.79. The van der Waals surface area contributed by atoms with Crippen molar-refractivity contribution in [3.8, 4) is 0 Å². The summed E-state index contributed by atoms with van der Waals surface area (Å²) in [6, 6.07) is 2.00. The maximum Gasteiger partial charge on any atom is 0.193 e. The van der Waals surface area contributed by atoms with Gasteiger partial charge in [0.2, 0.25) is 0 Å². The highest BCUT2D eigenvalue weighted by Crippen LogP contribution is 2.34. The van der Waals surface area contributed by atoms with Crippen molar-refractivity contribution in [1.29, 1.82) is 0 Å². The van der Waals surface area contributed by atoms with Gasteiger partial charge in [-0.1, -0.05) is 27.7 Å². The molecule has 0 atom stereocenters. The van der Waals surface area contributed by atoms with Crippen molar-refractivity contribution in [1.82, 2.24) is 0 Å². The SMILES string of the molecule is CC(C)[Si](O)(CCCc1c(F)cc(F)cc1F)C(C)C. The minimum atomic E-state index is -2.42. The maximum absolute atomic E-state index is 13.5. The van der Waals surface area contributed by atoms with Gasteiger partial charge in [0.15, 0.2) is 8.32 Å². The zero-order valence-electron chi connectivity index (χ0n) is 12.5. The van der Waals surface area contributed by atoms with Gasteiger partial charge in [-0.3, -0.25) is 0 Å². The minimum absolute atomic E-state index is 0.0877. The van der Waals surface area contributed by atoms with E-state index < -0.39 is 25.8 Å². The standard InChI is InChI=1S/C15H23F3OSi/c1-10(2)20(19,11(3)4)7-5-6-13-14(17)8-12(16)9-15(13)18/h8-11,19H,5-7H2,1-4H3. The Morgan fingerprint density at radius 2 is 1.45 bits per heavy atom. The van der Waals surface area contributed by atoms with Crippen LogP contribution in [0.25, 0.3) is 0 Å². The smallest absolute Gasteiger partial charge is 0.193 e. The Labute approximate surface area is 120 Å². The summed E-state index contributed by atoms with van der Waals surface area (Å²) < 4.78 is 39.9. The van der Waals surface area contributed by atoms with Gasteiger partial charge >= 0.3 is 0 Å². The lowest BCUT2D eigenvalue weighted by Crippen LogP contribution is -2.41. The Morgan fingerprint density at radius 3 is 1.85 bits per heavy atom. The number of halogens is 3. The Hall–Kier alpha value is -0.813. The van der Waals surface area contributed by atoms with Crippen LogP contribution in [0.5, 0.6) is 0 Å². The van der Waals surface area contributed by atoms with E-state index in [9.17, 15) is 18.0 Å². The monoisotopic (exact) mass is 304 g/mol. The molecule has 20 heavy (non-hydrogen) atoms. The van der Waals surface area contributed by atoms with Crippen molar-refractivity contribution in [3.63, 3.8) is 0 Å². The summed E-state index contributed by atoms with van der Waals surface area (Å²) in [5.41, 5.74) is 0.311. The fourth-order valence-electron chi connectivity index (χ4n) is 2.60. The molecule has 0 unspecified atom stereocenters. The number of hydrogen-bond acceptors (Lipinski definition) is 1. The van der Waals surface area contributed by atoms with E-state index >= 15 is 0 Å². The third-order valence-electron chi connectivity index (χ3n) is 4.11. The summed E-state index contributed by atoms with van der Waals surface area (Å²) >= 11 is 0. The van der Waals surface area contributed by atoms with Crippen molar-refractivity contribution < 1.29 is 18.0 Å². The third kappa shape index (κ3) is 3.85. The summed E-state index contributed by atoms with van der Waals surface area (Å²) in [4.78, 5) is 10.7. The number of hydrogen-bond donors (Lipinski definition) is 1. The molecular formula is C15H23F3OSi. The first-order valence-corrected chi connectivity index (χ1v) is 9.35. The summed E-state index contributed by atoms with van der Waals surface area (Å²) in [6.45, 7) is 7.97. The molecule has 0 aliphatic heterocycles. The molecule has 1 nitrogen and oxygen atoms in total. The summed E-state index contributed by atoms with van der Waals surface area (Å²) in [5.74, 6) is -2.59. The molecule has 1 rings (SSSR count). The molecule has 0 aliphatic carbocycles. The average molecular weight is 304 g/mol. The van der Waals surface area contributed by atoms with Crippen LogP contribution in [0.15, 0.2) is 12.1 Å². The molecule has 0 bridgehead atoms. The van der Waals surface area contributed by atoms with E-state index in [1.165, 1.54) is 0 Å². The molecule has 114 valence electrons. The Balaban J connectivity index is 2.74. The highest BCUT2D eigenvalue weighted by atomic mass is 28.4. The lowest BCUT2D eigenvalue weighted by atomic mass is 10.1. The fraction of sp³-hybridized carbons (Fsp3) is 0.600. The Morgan fingerprint density at radius 1 is 1.00 bits per heavy atom. The Bertz CT molecular complexity index is 429. The van der Waals surface area contributed by atoms with Crippen molar-refractivity contribution in [2.45, 2.75) is 57.7 Å². The van der Waals surface area contributed by atoms with Gasteiger partial charge in [-0.2, -0.15) is 0 Å². The largest absolute Gasteiger partial charge is 0.431 e. The summed E-state index contributed by atoms with van der Waals surface area (Å²) in [6.07, 6.45) is 0.700. The van der Waals surface area contributed by atoms with Crippen LogP contribution in [-0.4, -0.2) is 13.1 Å². The zero-order valence-corrected chi connectivity index (χ0v) is 13.5. The quantitative estimate of drug-likeness (QED) is 0.749. The van der Waals surface area contributed by atoms with Gasteiger partial charge in [-0.25, -0.2) is 13.2 Å². The average Bonchev–Trinajstić information content (AvgIpc) is 2.31. The van der Waals surface area contributed by atoms with Gasteiger partial charge < -0.3 is 4.80 Å². The fourth-order valence-corrected chi connectivity index (χ4v) is 5.83. The molecule has 0 aliphatic rings. The molecule has 0 saturated carbocycles. The third-order valence-corrected chi connectivity index (χ3v) is 9.26. The van der Waals surface area contributed by atoms with Crippen LogP contribution in [0.2, 0.25) is 17.1 Å². The van der Waals surface area contributed by atoms with Crippen LogP contribution < -0.4 is 0 Å². The molecule has 0 radical (unpaired) electrons. The van der Waals surface area contributed by atoms with Gasteiger partial charge in [0.05, 0.1) is 0 Å². The van der Waals surface area contributed by atoms with Gasteiger partial charge in [0.25, 0.3) is 0 Å². The maximum atomic E-state index is 13.5. The van der Waals surface area contributed by atoms with Crippen molar-refractivity contribution >= 4 is 8.32 Å². The van der Waals surface area contributed by atoms with E-state index in [2.05, 4.69) is 0 Å². The first-order valence-electron chi connectivity index (χ1n) is 7.04. The van der Waals surface area contributed by atoms with Crippen LogP contribution in [0.3, 0.4) is 0 Å². The molecule has 1 N–H and O–H groups in total. The van der Waals surface area contributed by atoms with Gasteiger partial charge in [0, 0.05) is 17.7 Å². The second-order valence-electron chi connectivity index (χ2n) is 6.00. The second-order valence-corrected chi connectivity index (χ2v) is 10.8. The van der Waals surface area contributed by atoms with E-state index in [1.807, 2.05) is 27.7 Å². The van der Waals surface area contributed by atoms with Gasteiger partial charge in [-0.05, 0) is 30.0 Å². The predicted molar refractivity (Wildman–Crippen MR) is 77.6 cm³/mol. The van der Waals surface area contributed by atoms with Gasteiger partial charge in [-0.15, -0.1) is 0 Å². The minimum Gasteiger partial charge on any atom is -0.431 e. The molecule has 5 heteroatoms. The van der Waals surface area contributed by atoms with E-state index in [0.29, 0.717) is 24.6 Å². The van der Waals surface area contributed by atoms with E-state index in [-0.39, 0.29) is 23.1 Å². The second kappa shape index (κ2) is 6.76. The van der Waals surface area contributed by atoms with E-state index in [4.69, 9.17) is 0 Å². The lowest BCUT2D eigenvalue weighted by Gasteiger charge is -2.33. The van der Waals surface area contributed by atoms with Crippen LogP contribution >= 0.6 is 0 Å². The zero-order chi connectivity index (χ0) is 15.5. The number of benzene rings is 1. The Kier molecular flexibility index (Phi) is 5.83. The molecular weight excluding hydrogens is 281 g/mol. The molecule has 1 aromatic carbocycles. The summed E-state index contributed by atoms with van der Waals surface area (Å²) in [5, 5.41) is 0. The molecule has 0 aromatic heterocycles. The van der Waals surface area contributed by atoms with E-state index in [1.54, 1.807) is 0 Å². The van der Waals surface area contributed by atoms with Crippen LogP contribution in [0.4, 0.5) is 13.2 Å². The topological polar surface area (TPSA) is 20.2 Å². The lowest BCUT2D eigenvalue weighted by molar-refractivity contribution is 0.482. The molecule has 1 aromatic rings. The molecule has 0 spiro atoms. The molecule has 0 amide bonds. The highest BCUT2D eigenvalue weighted by Gasteiger charge is 2.37.